The van der Waals surface area contributed by atoms with Gasteiger partial charge < -0.3 is 19.2 Å². The van der Waals surface area contributed by atoms with Crippen LogP contribution in [-0.2, 0) is 25.5 Å². The minimum absolute atomic E-state index is 0.0198. The van der Waals surface area contributed by atoms with Crippen LogP contribution in [0.2, 0.25) is 0 Å². The van der Waals surface area contributed by atoms with E-state index in [1.54, 1.807) is 6.20 Å². The molecule has 0 unspecified atom stereocenters. The lowest BCUT2D eigenvalue weighted by Gasteiger charge is -2.08. The molecule has 0 aliphatic heterocycles. The van der Waals surface area contributed by atoms with Crippen molar-refractivity contribution in [3.05, 3.63) is 36.0 Å². The molecule has 0 saturated heterocycles. The number of likely N-dealkylation sites (N-methyl/N-ethyl adjacent to an activating group) is 1. The van der Waals surface area contributed by atoms with Crippen molar-refractivity contribution in [3.63, 3.8) is 0 Å². The number of fused-ring (bicyclic) bond motifs is 1. The lowest BCUT2D eigenvalue weighted by atomic mass is 10.1. The van der Waals surface area contributed by atoms with Gasteiger partial charge in [-0.3, -0.25) is 9.36 Å². The van der Waals surface area contributed by atoms with E-state index in [0.29, 0.717) is 0 Å². The van der Waals surface area contributed by atoms with Gasteiger partial charge in [0.05, 0.1) is 11.9 Å². The first-order valence-electron chi connectivity index (χ1n) is 8.44. The van der Waals surface area contributed by atoms with Crippen LogP contribution in [0.3, 0.4) is 0 Å². The van der Waals surface area contributed by atoms with Crippen molar-refractivity contribution < 1.29 is 23.9 Å². The number of aromatic nitrogens is 1. The first kappa shape index (κ1) is 19.7. The Kier molecular flexibility index (Phi) is 6.91. The monoisotopic (exact) mass is 360 g/mol. The molecule has 0 amide bonds. The summed E-state index contributed by atoms with van der Waals surface area (Å²) in [7, 11) is 3.99. The second kappa shape index (κ2) is 9.15. The van der Waals surface area contributed by atoms with Gasteiger partial charge in [-0.25, -0.2) is 4.79 Å². The number of carbonyl (C=O) groups is 3. The van der Waals surface area contributed by atoms with E-state index >= 15 is 0 Å². The number of rotatable bonds is 8. The topological polar surface area (TPSA) is 77.8 Å². The van der Waals surface area contributed by atoms with Gasteiger partial charge in [-0.15, -0.1) is 0 Å². The molecule has 0 atom stereocenters. The molecule has 2 rings (SSSR count). The largest absolute Gasteiger partial charge is 0.428 e. The number of nitrogens with zero attached hydrogens (tertiary/aromatic N) is 2. The number of para-hydroxylation sites is 1. The van der Waals surface area contributed by atoms with Crippen LogP contribution in [0, 0.1) is 0 Å². The minimum Gasteiger partial charge on any atom is -0.428 e. The van der Waals surface area contributed by atoms with Crippen LogP contribution in [-0.4, -0.2) is 54.7 Å². The molecule has 1 aromatic heterocycles. The predicted molar refractivity (Wildman–Crippen MR) is 96.9 cm³/mol. The standard InChI is InChI=1S/C19H24N2O5/c1-14(22)8-9-18(23)25-13-26-19(24)21-12-15(10-11-20(2)3)16-6-4-5-7-17(16)21/h4-7,12H,8-11,13H2,1-3H3. The summed E-state index contributed by atoms with van der Waals surface area (Å²) in [5, 5.41) is 0.991. The first-order valence-corrected chi connectivity index (χ1v) is 8.44. The summed E-state index contributed by atoms with van der Waals surface area (Å²) in [6.07, 6.45) is 2.04. The minimum atomic E-state index is -0.614. The number of ketones is 1. The summed E-state index contributed by atoms with van der Waals surface area (Å²) in [6, 6.07) is 7.58. The number of hydrogen-bond acceptors (Lipinski definition) is 6. The quantitative estimate of drug-likeness (QED) is 0.532. The number of hydrogen-bond donors (Lipinski definition) is 0. The highest BCUT2D eigenvalue weighted by molar-refractivity contribution is 5.92. The van der Waals surface area contributed by atoms with Crippen molar-refractivity contribution in [1.29, 1.82) is 0 Å². The van der Waals surface area contributed by atoms with E-state index in [1.165, 1.54) is 11.5 Å². The average molecular weight is 360 g/mol. The summed E-state index contributed by atoms with van der Waals surface area (Å²) in [5.74, 6) is -0.667. The van der Waals surface area contributed by atoms with E-state index in [-0.39, 0.29) is 18.6 Å². The van der Waals surface area contributed by atoms with Gasteiger partial charge in [0.1, 0.15) is 5.78 Å². The number of carbonyl (C=O) groups excluding carboxylic acids is 3. The molecule has 0 fully saturated rings. The van der Waals surface area contributed by atoms with Gasteiger partial charge in [0.25, 0.3) is 0 Å². The van der Waals surface area contributed by atoms with Gasteiger partial charge in [-0.05, 0) is 39.1 Å². The molecule has 0 aliphatic rings. The fourth-order valence-electron chi connectivity index (χ4n) is 2.51. The third kappa shape index (κ3) is 5.42. The second-order valence-corrected chi connectivity index (χ2v) is 6.34. The number of esters is 1. The molecule has 0 saturated carbocycles. The Morgan fingerprint density at radius 2 is 1.81 bits per heavy atom. The van der Waals surface area contributed by atoms with E-state index in [0.717, 1.165) is 29.4 Å². The highest BCUT2D eigenvalue weighted by Crippen LogP contribution is 2.22. The van der Waals surface area contributed by atoms with Crippen molar-refractivity contribution in [3.8, 4) is 0 Å². The third-order valence-electron chi connectivity index (χ3n) is 3.90. The molecule has 1 heterocycles. The molecule has 0 spiro atoms. The number of Topliss-reactive ketones (excluding diaryl/α,β-unsaturated/α-hetero) is 1. The maximum atomic E-state index is 12.3. The van der Waals surface area contributed by atoms with Crippen molar-refractivity contribution in [1.82, 2.24) is 9.47 Å². The van der Waals surface area contributed by atoms with Gasteiger partial charge >= 0.3 is 12.1 Å². The van der Waals surface area contributed by atoms with Crippen molar-refractivity contribution in [2.75, 3.05) is 27.4 Å². The molecular formula is C19H24N2O5. The highest BCUT2D eigenvalue weighted by atomic mass is 16.7. The first-order chi connectivity index (χ1) is 12.4. The molecule has 0 N–H and O–H groups in total. The molecule has 1 aromatic carbocycles. The van der Waals surface area contributed by atoms with Gasteiger partial charge in [0, 0.05) is 24.5 Å². The predicted octanol–water partition coefficient (Wildman–Crippen LogP) is 2.60. The van der Waals surface area contributed by atoms with E-state index < -0.39 is 18.9 Å². The smallest absolute Gasteiger partial charge is 0.421 e. The zero-order chi connectivity index (χ0) is 19.1. The molecule has 0 radical (unpaired) electrons. The van der Waals surface area contributed by atoms with E-state index in [4.69, 9.17) is 9.47 Å². The van der Waals surface area contributed by atoms with Crippen LogP contribution >= 0.6 is 0 Å². The Morgan fingerprint density at radius 1 is 1.08 bits per heavy atom. The summed E-state index contributed by atoms with van der Waals surface area (Å²) < 4.78 is 11.3. The Bertz CT molecular complexity index is 794. The van der Waals surface area contributed by atoms with Crippen molar-refractivity contribution >= 4 is 28.7 Å². The van der Waals surface area contributed by atoms with E-state index in [1.807, 2.05) is 38.4 Å². The lowest BCUT2D eigenvalue weighted by Crippen LogP contribution is -2.17. The zero-order valence-corrected chi connectivity index (χ0v) is 15.4. The summed E-state index contributed by atoms with van der Waals surface area (Å²) in [6.45, 7) is 1.78. The van der Waals surface area contributed by atoms with E-state index in [9.17, 15) is 14.4 Å². The van der Waals surface area contributed by atoms with Gasteiger partial charge in [-0.2, -0.15) is 0 Å². The van der Waals surface area contributed by atoms with Gasteiger partial charge in [0.15, 0.2) is 0 Å². The maximum Gasteiger partial charge on any atom is 0.421 e. The SMILES string of the molecule is CC(=O)CCC(=O)OCOC(=O)n1cc(CCN(C)C)c2ccccc21. The molecule has 140 valence electrons. The average Bonchev–Trinajstić information content (AvgIpc) is 2.97. The molecule has 2 aromatic rings. The third-order valence-corrected chi connectivity index (χ3v) is 3.90. The molecule has 7 nitrogen and oxygen atoms in total. The summed E-state index contributed by atoms with van der Waals surface area (Å²) >= 11 is 0. The fraction of sp³-hybridized carbons (Fsp3) is 0.421. The van der Waals surface area contributed by atoms with Crippen LogP contribution in [0.5, 0.6) is 0 Å². The van der Waals surface area contributed by atoms with Crippen molar-refractivity contribution in [2.45, 2.75) is 26.2 Å². The Hall–Kier alpha value is -2.67. The fourth-order valence-corrected chi connectivity index (χ4v) is 2.51. The van der Waals surface area contributed by atoms with Gasteiger partial charge in [0.2, 0.25) is 6.79 Å². The normalized spacial score (nSPS) is 10.9. The summed E-state index contributed by atoms with van der Waals surface area (Å²) in [5.41, 5.74) is 1.79. The lowest BCUT2D eigenvalue weighted by molar-refractivity contribution is -0.152. The highest BCUT2D eigenvalue weighted by Gasteiger charge is 2.15. The Balaban J connectivity index is 2.01. The molecular weight excluding hydrogens is 336 g/mol. The molecule has 0 bridgehead atoms. The molecule has 7 heteroatoms. The Labute approximate surface area is 152 Å². The van der Waals surface area contributed by atoms with Crippen LogP contribution in [0.1, 0.15) is 25.3 Å². The maximum absolute atomic E-state index is 12.3. The van der Waals surface area contributed by atoms with Crippen LogP contribution in [0.15, 0.2) is 30.5 Å². The van der Waals surface area contributed by atoms with Crippen LogP contribution in [0.4, 0.5) is 4.79 Å². The van der Waals surface area contributed by atoms with Crippen LogP contribution in [0.25, 0.3) is 10.9 Å². The van der Waals surface area contributed by atoms with Crippen LogP contribution < -0.4 is 0 Å². The van der Waals surface area contributed by atoms with E-state index in [2.05, 4.69) is 4.90 Å². The van der Waals surface area contributed by atoms with Crippen molar-refractivity contribution in [2.24, 2.45) is 0 Å². The summed E-state index contributed by atoms with van der Waals surface area (Å²) in [4.78, 5) is 36.7. The number of ether oxygens (including phenoxy) is 2. The van der Waals surface area contributed by atoms with Gasteiger partial charge in [-0.1, -0.05) is 18.2 Å². The molecule has 0 aliphatic carbocycles. The Morgan fingerprint density at radius 3 is 2.50 bits per heavy atom. The molecule has 26 heavy (non-hydrogen) atoms. The zero-order valence-electron chi connectivity index (χ0n) is 15.4. The second-order valence-electron chi connectivity index (χ2n) is 6.34. The number of benzene rings is 1.